The first-order valence-electron chi connectivity index (χ1n) is 11.3. The normalized spacial score (nSPS) is 13.2. The van der Waals surface area contributed by atoms with E-state index in [0.29, 0.717) is 30.6 Å². The standard InChI is InChI=1S/C27H23F2N3O3/c1-16-9-17(4-5-21(16)27(34)35)12-25(33)31-8-6-22-23-3-2-7-30-26(23)32(24(22)15-31)14-18-10-19(28)13-20(29)11-18/h2-5,7,9-11,13H,6,8,12,14-15H2,1H3,(H,34,35). The zero-order chi connectivity index (χ0) is 24.7. The molecule has 0 radical (unpaired) electrons. The van der Waals surface area contributed by atoms with E-state index in [-0.39, 0.29) is 24.4 Å². The highest BCUT2D eigenvalue weighted by atomic mass is 19.1. The number of carboxylic acid groups (broad SMARTS) is 1. The van der Waals surface area contributed by atoms with Crippen molar-refractivity contribution < 1.29 is 23.5 Å². The van der Waals surface area contributed by atoms with Gasteiger partial charge in [-0.1, -0.05) is 12.1 Å². The molecule has 3 heterocycles. The summed E-state index contributed by atoms with van der Waals surface area (Å²) in [6, 6.07) is 12.2. The fraction of sp³-hybridized carbons (Fsp3) is 0.222. The number of carbonyl (C=O) groups is 2. The Morgan fingerprint density at radius 1 is 1.06 bits per heavy atom. The number of pyridine rings is 1. The monoisotopic (exact) mass is 475 g/mol. The molecule has 1 aliphatic rings. The lowest BCUT2D eigenvalue weighted by Crippen LogP contribution is -2.37. The Hall–Kier alpha value is -4.07. The topological polar surface area (TPSA) is 75.4 Å². The van der Waals surface area contributed by atoms with Gasteiger partial charge in [0.05, 0.1) is 18.5 Å². The predicted molar refractivity (Wildman–Crippen MR) is 126 cm³/mol. The molecule has 1 aliphatic heterocycles. The second kappa shape index (κ2) is 8.94. The first-order chi connectivity index (χ1) is 16.8. The van der Waals surface area contributed by atoms with E-state index < -0.39 is 17.6 Å². The number of hydrogen-bond acceptors (Lipinski definition) is 3. The predicted octanol–water partition coefficient (Wildman–Crippen LogP) is 4.50. The van der Waals surface area contributed by atoms with Gasteiger partial charge in [0, 0.05) is 36.4 Å². The lowest BCUT2D eigenvalue weighted by Gasteiger charge is -2.29. The van der Waals surface area contributed by atoms with Gasteiger partial charge in [-0.25, -0.2) is 18.6 Å². The van der Waals surface area contributed by atoms with Crippen molar-refractivity contribution in [3.05, 3.63) is 99.9 Å². The number of amides is 1. The van der Waals surface area contributed by atoms with Crippen molar-refractivity contribution >= 4 is 22.9 Å². The maximum Gasteiger partial charge on any atom is 0.335 e. The minimum Gasteiger partial charge on any atom is -0.478 e. The average molecular weight is 475 g/mol. The van der Waals surface area contributed by atoms with Crippen LogP contribution in [0.1, 0.15) is 38.3 Å². The molecule has 1 amide bonds. The van der Waals surface area contributed by atoms with Crippen molar-refractivity contribution in [3.63, 3.8) is 0 Å². The van der Waals surface area contributed by atoms with Gasteiger partial charge in [-0.15, -0.1) is 0 Å². The van der Waals surface area contributed by atoms with Crippen LogP contribution in [0.5, 0.6) is 0 Å². The van der Waals surface area contributed by atoms with Gasteiger partial charge in [0.25, 0.3) is 0 Å². The fourth-order valence-corrected chi connectivity index (χ4v) is 4.89. The molecule has 0 aliphatic carbocycles. The maximum atomic E-state index is 13.8. The quantitative estimate of drug-likeness (QED) is 0.461. The summed E-state index contributed by atoms with van der Waals surface area (Å²) in [6.45, 7) is 2.84. The summed E-state index contributed by atoms with van der Waals surface area (Å²) in [5, 5.41) is 10.2. The highest BCUT2D eigenvalue weighted by molar-refractivity contribution is 5.89. The number of hydrogen-bond donors (Lipinski definition) is 1. The molecule has 6 nitrogen and oxygen atoms in total. The Morgan fingerprint density at radius 3 is 2.54 bits per heavy atom. The van der Waals surface area contributed by atoms with Crippen LogP contribution in [-0.2, 0) is 30.7 Å². The van der Waals surface area contributed by atoms with Gasteiger partial charge in [0.15, 0.2) is 0 Å². The number of nitrogens with zero attached hydrogens (tertiary/aromatic N) is 3. The Balaban J connectivity index is 1.44. The summed E-state index contributed by atoms with van der Waals surface area (Å²) < 4.78 is 29.6. The van der Waals surface area contributed by atoms with Gasteiger partial charge in [0.1, 0.15) is 17.3 Å². The average Bonchev–Trinajstić information content (AvgIpc) is 3.11. The number of fused-ring (bicyclic) bond motifs is 3. The lowest BCUT2D eigenvalue weighted by molar-refractivity contribution is -0.131. The molecule has 0 saturated carbocycles. The third-order valence-electron chi connectivity index (χ3n) is 6.51. The number of rotatable bonds is 5. The van der Waals surface area contributed by atoms with Crippen LogP contribution in [0, 0.1) is 18.6 Å². The lowest BCUT2D eigenvalue weighted by atomic mass is 10.0. The van der Waals surface area contributed by atoms with Crippen LogP contribution in [0.3, 0.4) is 0 Å². The zero-order valence-corrected chi connectivity index (χ0v) is 19.1. The number of aryl methyl sites for hydroxylation is 1. The molecule has 1 N–H and O–H groups in total. The Kier molecular flexibility index (Phi) is 5.80. The minimum absolute atomic E-state index is 0.0697. The van der Waals surface area contributed by atoms with E-state index in [0.717, 1.165) is 33.9 Å². The number of carbonyl (C=O) groups excluding carboxylic acids is 1. The van der Waals surface area contributed by atoms with Gasteiger partial charge >= 0.3 is 5.97 Å². The van der Waals surface area contributed by atoms with Crippen molar-refractivity contribution in [2.45, 2.75) is 32.9 Å². The smallest absolute Gasteiger partial charge is 0.335 e. The molecule has 0 unspecified atom stereocenters. The highest BCUT2D eigenvalue weighted by Crippen LogP contribution is 2.31. The van der Waals surface area contributed by atoms with Crippen LogP contribution < -0.4 is 0 Å². The summed E-state index contributed by atoms with van der Waals surface area (Å²) in [5.41, 5.74) is 4.77. The van der Waals surface area contributed by atoms with Crippen LogP contribution in [0.2, 0.25) is 0 Å². The van der Waals surface area contributed by atoms with E-state index in [4.69, 9.17) is 0 Å². The number of carboxylic acids is 1. The zero-order valence-electron chi connectivity index (χ0n) is 19.1. The number of aromatic nitrogens is 2. The third kappa shape index (κ3) is 4.39. The van der Waals surface area contributed by atoms with Crippen molar-refractivity contribution in [1.29, 1.82) is 0 Å². The van der Waals surface area contributed by atoms with Crippen molar-refractivity contribution in [2.24, 2.45) is 0 Å². The van der Waals surface area contributed by atoms with Gasteiger partial charge in [-0.2, -0.15) is 0 Å². The first-order valence-corrected chi connectivity index (χ1v) is 11.3. The Labute approximate surface area is 200 Å². The molecule has 0 atom stereocenters. The van der Waals surface area contributed by atoms with Crippen LogP contribution in [0.25, 0.3) is 11.0 Å². The molecular weight excluding hydrogens is 452 g/mol. The highest BCUT2D eigenvalue weighted by Gasteiger charge is 2.27. The molecule has 5 rings (SSSR count). The molecule has 0 fully saturated rings. The summed E-state index contributed by atoms with van der Waals surface area (Å²) in [5.74, 6) is -2.35. The van der Waals surface area contributed by atoms with E-state index in [1.165, 1.54) is 18.2 Å². The molecule has 2 aromatic carbocycles. The molecule has 8 heteroatoms. The maximum absolute atomic E-state index is 13.8. The summed E-state index contributed by atoms with van der Waals surface area (Å²) >= 11 is 0. The number of benzene rings is 2. The molecule has 0 spiro atoms. The van der Waals surface area contributed by atoms with Crippen LogP contribution in [0.4, 0.5) is 8.78 Å². The first kappa shape index (κ1) is 22.7. The van der Waals surface area contributed by atoms with Crippen LogP contribution in [-0.4, -0.2) is 38.0 Å². The van der Waals surface area contributed by atoms with E-state index in [1.807, 2.05) is 16.7 Å². The van der Waals surface area contributed by atoms with Gasteiger partial charge in [0.2, 0.25) is 5.91 Å². The third-order valence-corrected chi connectivity index (χ3v) is 6.51. The van der Waals surface area contributed by atoms with E-state index in [2.05, 4.69) is 4.98 Å². The number of aromatic carboxylic acids is 1. The van der Waals surface area contributed by atoms with Gasteiger partial charge in [-0.05, 0) is 65.9 Å². The molecule has 178 valence electrons. The van der Waals surface area contributed by atoms with E-state index >= 15 is 0 Å². The number of halogens is 2. The van der Waals surface area contributed by atoms with Crippen molar-refractivity contribution in [3.8, 4) is 0 Å². The van der Waals surface area contributed by atoms with E-state index in [1.54, 1.807) is 30.2 Å². The largest absolute Gasteiger partial charge is 0.478 e. The van der Waals surface area contributed by atoms with Crippen molar-refractivity contribution in [2.75, 3.05) is 6.54 Å². The second-order valence-corrected chi connectivity index (χ2v) is 8.86. The van der Waals surface area contributed by atoms with Crippen molar-refractivity contribution in [1.82, 2.24) is 14.5 Å². The summed E-state index contributed by atoms with van der Waals surface area (Å²) in [6.07, 6.45) is 2.48. The molecule has 2 aromatic heterocycles. The molecule has 0 bridgehead atoms. The van der Waals surface area contributed by atoms with E-state index in [9.17, 15) is 23.5 Å². The Morgan fingerprint density at radius 2 is 1.83 bits per heavy atom. The molecular formula is C27H23F2N3O3. The van der Waals surface area contributed by atoms with Crippen LogP contribution in [0.15, 0.2) is 54.7 Å². The van der Waals surface area contributed by atoms with Crippen LogP contribution >= 0.6 is 0 Å². The summed E-state index contributed by atoms with van der Waals surface area (Å²) in [7, 11) is 0. The molecule has 4 aromatic rings. The molecule has 35 heavy (non-hydrogen) atoms. The SMILES string of the molecule is Cc1cc(CC(=O)N2CCc3c(n(Cc4cc(F)cc(F)c4)c4ncccc34)C2)ccc1C(=O)O. The fourth-order valence-electron chi connectivity index (χ4n) is 4.89. The Bertz CT molecular complexity index is 1460. The minimum atomic E-state index is -0.997. The van der Waals surface area contributed by atoms with Gasteiger partial charge in [-0.3, -0.25) is 4.79 Å². The summed E-state index contributed by atoms with van der Waals surface area (Å²) in [4.78, 5) is 30.7. The molecule has 0 saturated heterocycles. The van der Waals surface area contributed by atoms with Gasteiger partial charge < -0.3 is 14.6 Å². The second-order valence-electron chi connectivity index (χ2n) is 8.86.